The lowest BCUT2D eigenvalue weighted by Gasteiger charge is -2.26. The lowest BCUT2D eigenvalue weighted by molar-refractivity contribution is -0.148. The number of nitrogens with zero attached hydrogens (tertiary/aromatic N) is 1. The van der Waals surface area contributed by atoms with Gasteiger partial charge >= 0.3 is 5.97 Å². The van der Waals surface area contributed by atoms with Crippen LogP contribution in [0.3, 0.4) is 0 Å². The Balaban J connectivity index is 1.51. The van der Waals surface area contributed by atoms with E-state index in [1.807, 2.05) is 36.4 Å². The molecule has 2 aromatic carbocycles. The summed E-state index contributed by atoms with van der Waals surface area (Å²) in [5.74, 6) is -0.520. The van der Waals surface area contributed by atoms with Crippen LogP contribution >= 0.6 is 11.6 Å². The van der Waals surface area contributed by atoms with E-state index in [1.165, 1.54) is 6.20 Å². The van der Waals surface area contributed by atoms with Gasteiger partial charge in [-0.15, -0.1) is 0 Å². The van der Waals surface area contributed by atoms with Crippen molar-refractivity contribution < 1.29 is 19.1 Å². The first-order valence-corrected chi connectivity index (χ1v) is 8.94. The van der Waals surface area contributed by atoms with Crippen molar-refractivity contribution in [2.24, 2.45) is 0 Å². The summed E-state index contributed by atoms with van der Waals surface area (Å²) in [6, 6.07) is 17.8. The van der Waals surface area contributed by atoms with Crippen molar-refractivity contribution in [2.75, 3.05) is 11.9 Å². The number of aromatic nitrogens is 1. The van der Waals surface area contributed by atoms with Gasteiger partial charge in [-0.1, -0.05) is 48.0 Å². The van der Waals surface area contributed by atoms with Gasteiger partial charge in [-0.05, 0) is 24.3 Å². The SMILES string of the molecule is O=C(COC(=O)C1c2ccccc2Oc2ccccc21)Nc1cccnc1Cl. The van der Waals surface area contributed by atoms with Gasteiger partial charge in [-0.3, -0.25) is 9.59 Å². The molecule has 3 aromatic rings. The van der Waals surface area contributed by atoms with Crippen molar-refractivity contribution in [3.63, 3.8) is 0 Å². The number of fused-ring (bicyclic) bond motifs is 2. The highest BCUT2D eigenvalue weighted by Crippen LogP contribution is 2.44. The molecule has 1 aromatic heterocycles. The third kappa shape index (κ3) is 3.54. The molecule has 0 saturated carbocycles. The Labute approximate surface area is 166 Å². The monoisotopic (exact) mass is 394 g/mol. The standard InChI is InChI=1S/C21H15ClN2O4/c22-20-15(8-5-11-23-20)24-18(25)12-27-21(26)19-13-6-1-3-9-16(13)28-17-10-4-2-7-14(17)19/h1-11,19H,12H2,(H,24,25). The minimum atomic E-state index is -0.670. The van der Waals surface area contributed by atoms with Crippen molar-refractivity contribution in [1.82, 2.24) is 4.98 Å². The summed E-state index contributed by atoms with van der Waals surface area (Å²) in [4.78, 5) is 28.9. The number of benzene rings is 2. The molecule has 7 heteroatoms. The number of ether oxygens (including phenoxy) is 2. The summed E-state index contributed by atoms with van der Waals surface area (Å²) < 4.78 is 11.2. The topological polar surface area (TPSA) is 77.5 Å². The van der Waals surface area contributed by atoms with E-state index in [-0.39, 0.29) is 5.15 Å². The van der Waals surface area contributed by atoms with Gasteiger partial charge in [0.05, 0.1) is 5.69 Å². The van der Waals surface area contributed by atoms with Crippen molar-refractivity contribution in [3.05, 3.63) is 83.1 Å². The molecule has 2 heterocycles. The van der Waals surface area contributed by atoms with Crippen LogP contribution in [0.2, 0.25) is 5.15 Å². The molecule has 0 unspecified atom stereocenters. The summed E-state index contributed by atoms with van der Waals surface area (Å²) in [6.07, 6.45) is 1.51. The number of hydrogen-bond donors (Lipinski definition) is 1. The molecule has 0 aliphatic carbocycles. The maximum atomic E-state index is 12.9. The molecule has 0 fully saturated rings. The fraction of sp³-hybridized carbons (Fsp3) is 0.0952. The second-order valence-electron chi connectivity index (χ2n) is 6.11. The second kappa shape index (κ2) is 7.70. The minimum absolute atomic E-state index is 0.162. The molecular weight excluding hydrogens is 380 g/mol. The third-order valence-corrected chi connectivity index (χ3v) is 4.60. The average Bonchev–Trinajstić information content (AvgIpc) is 2.72. The predicted octanol–water partition coefficient (Wildman–Crippen LogP) is 4.15. The smallest absolute Gasteiger partial charge is 0.318 e. The zero-order valence-corrected chi connectivity index (χ0v) is 15.3. The molecule has 6 nitrogen and oxygen atoms in total. The van der Waals surface area contributed by atoms with Crippen LogP contribution in [0, 0.1) is 0 Å². The highest BCUT2D eigenvalue weighted by atomic mass is 35.5. The number of pyridine rings is 1. The minimum Gasteiger partial charge on any atom is -0.457 e. The second-order valence-corrected chi connectivity index (χ2v) is 6.47. The molecule has 1 N–H and O–H groups in total. The molecule has 0 saturated heterocycles. The van der Waals surface area contributed by atoms with Gasteiger partial charge in [0.15, 0.2) is 11.8 Å². The fourth-order valence-electron chi connectivity index (χ4n) is 3.05. The number of carbonyl (C=O) groups is 2. The Hall–Kier alpha value is -3.38. The first-order chi connectivity index (χ1) is 13.6. The Kier molecular flexibility index (Phi) is 4.95. The Morgan fingerprint density at radius 2 is 1.64 bits per heavy atom. The average molecular weight is 395 g/mol. The van der Waals surface area contributed by atoms with Crippen LogP contribution in [0.4, 0.5) is 5.69 Å². The predicted molar refractivity (Wildman–Crippen MR) is 104 cm³/mol. The number of anilines is 1. The first-order valence-electron chi connectivity index (χ1n) is 8.56. The molecule has 0 radical (unpaired) electrons. The quantitative estimate of drug-likeness (QED) is 0.531. The number of carbonyl (C=O) groups excluding carboxylic acids is 2. The molecule has 4 rings (SSSR count). The van der Waals surface area contributed by atoms with Gasteiger partial charge in [0.1, 0.15) is 17.4 Å². The van der Waals surface area contributed by atoms with Crippen LogP contribution < -0.4 is 10.1 Å². The van der Waals surface area contributed by atoms with Crippen LogP contribution in [0.5, 0.6) is 11.5 Å². The van der Waals surface area contributed by atoms with Gasteiger partial charge in [0.2, 0.25) is 0 Å². The number of para-hydroxylation sites is 2. The van der Waals surface area contributed by atoms with Crippen LogP contribution in [0.1, 0.15) is 17.0 Å². The molecule has 1 aliphatic rings. The van der Waals surface area contributed by atoms with E-state index >= 15 is 0 Å². The zero-order chi connectivity index (χ0) is 19.5. The molecule has 0 spiro atoms. The molecule has 0 bridgehead atoms. The van der Waals surface area contributed by atoms with E-state index in [0.717, 1.165) is 0 Å². The highest BCUT2D eigenvalue weighted by Gasteiger charge is 2.33. The van der Waals surface area contributed by atoms with Gasteiger partial charge in [-0.2, -0.15) is 0 Å². The highest BCUT2D eigenvalue weighted by molar-refractivity contribution is 6.32. The zero-order valence-electron chi connectivity index (χ0n) is 14.6. The van der Waals surface area contributed by atoms with Crippen molar-refractivity contribution in [1.29, 1.82) is 0 Å². The summed E-state index contributed by atoms with van der Waals surface area (Å²) in [6.45, 7) is -0.439. The number of esters is 1. The maximum Gasteiger partial charge on any atom is 0.318 e. The number of halogens is 1. The van der Waals surface area contributed by atoms with Gasteiger partial charge in [0, 0.05) is 17.3 Å². The van der Waals surface area contributed by atoms with Crippen molar-refractivity contribution >= 4 is 29.2 Å². The van der Waals surface area contributed by atoms with Crippen molar-refractivity contribution in [2.45, 2.75) is 5.92 Å². The van der Waals surface area contributed by atoms with Gasteiger partial charge in [-0.25, -0.2) is 4.98 Å². The largest absolute Gasteiger partial charge is 0.457 e. The fourth-order valence-corrected chi connectivity index (χ4v) is 3.22. The summed E-state index contributed by atoms with van der Waals surface area (Å²) in [7, 11) is 0. The normalized spacial score (nSPS) is 12.3. The number of rotatable bonds is 4. The Morgan fingerprint density at radius 1 is 1.00 bits per heavy atom. The lowest BCUT2D eigenvalue weighted by Crippen LogP contribution is -2.26. The number of amides is 1. The first kappa shape index (κ1) is 18.0. The Bertz CT molecular complexity index is 1010. The molecule has 1 aliphatic heterocycles. The van der Waals surface area contributed by atoms with E-state index in [0.29, 0.717) is 28.3 Å². The lowest BCUT2D eigenvalue weighted by atomic mass is 9.88. The summed E-state index contributed by atoms with van der Waals surface area (Å²) in [5, 5.41) is 2.73. The maximum absolute atomic E-state index is 12.9. The number of nitrogens with one attached hydrogen (secondary N) is 1. The van der Waals surface area contributed by atoms with Crippen LogP contribution in [0.25, 0.3) is 0 Å². The van der Waals surface area contributed by atoms with E-state index in [4.69, 9.17) is 21.1 Å². The van der Waals surface area contributed by atoms with E-state index < -0.39 is 24.4 Å². The van der Waals surface area contributed by atoms with E-state index in [2.05, 4.69) is 10.3 Å². The molecule has 0 atom stereocenters. The van der Waals surface area contributed by atoms with E-state index in [9.17, 15) is 9.59 Å². The van der Waals surface area contributed by atoms with Crippen LogP contribution in [0.15, 0.2) is 66.9 Å². The van der Waals surface area contributed by atoms with E-state index in [1.54, 1.807) is 24.3 Å². The van der Waals surface area contributed by atoms with Crippen LogP contribution in [-0.4, -0.2) is 23.5 Å². The van der Waals surface area contributed by atoms with Gasteiger partial charge in [0.25, 0.3) is 5.91 Å². The summed E-state index contributed by atoms with van der Waals surface area (Å²) >= 11 is 5.92. The molecular formula is C21H15ClN2O4. The molecule has 1 amide bonds. The van der Waals surface area contributed by atoms with Crippen LogP contribution in [-0.2, 0) is 14.3 Å². The van der Waals surface area contributed by atoms with Gasteiger partial charge < -0.3 is 14.8 Å². The number of hydrogen-bond acceptors (Lipinski definition) is 5. The molecule has 140 valence electrons. The summed E-state index contributed by atoms with van der Waals surface area (Å²) in [5.41, 5.74) is 1.75. The Morgan fingerprint density at radius 3 is 2.29 bits per heavy atom. The molecule has 28 heavy (non-hydrogen) atoms. The third-order valence-electron chi connectivity index (χ3n) is 4.29. The van der Waals surface area contributed by atoms with Crippen molar-refractivity contribution in [3.8, 4) is 11.5 Å².